The first-order valence-corrected chi connectivity index (χ1v) is 9.02. The number of nitrogens with zero attached hydrogens (tertiary/aromatic N) is 5. The van der Waals surface area contributed by atoms with Crippen LogP contribution in [0.5, 0.6) is 0 Å². The molecule has 0 aliphatic rings. The second-order valence-electron chi connectivity index (χ2n) is 5.42. The summed E-state index contributed by atoms with van der Waals surface area (Å²) < 4.78 is 6.03. The molecule has 9 nitrogen and oxygen atoms in total. The van der Waals surface area contributed by atoms with Gasteiger partial charge in [0.1, 0.15) is 6.20 Å². The summed E-state index contributed by atoms with van der Waals surface area (Å²) in [7, 11) is 2.68. The van der Waals surface area contributed by atoms with Gasteiger partial charge >= 0.3 is 17.9 Å². The molecule has 0 aliphatic carbocycles. The zero-order valence-corrected chi connectivity index (χ0v) is 16.4. The molecule has 0 spiro atoms. The molecule has 1 aromatic carbocycles. The summed E-state index contributed by atoms with van der Waals surface area (Å²) in [5, 5.41) is 11.1. The maximum absolute atomic E-state index is 12.3. The van der Waals surface area contributed by atoms with E-state index in [4.69, 9.17) is 27.9 Å². The maximum atomic E-state index is 12.3. The summed E-state index contributed by atoms with van der Waals surface area (Å²) in [5.41, 5.74) is 1.33. The van der Waals surface area contributed by atoms with Gasteiger partial charge in [0, 0.05) is 30.5 Å². The lowest BCUT2D eigenvalue weighted by atomic mass is 10.2. The van der Waals surface area contributed by atoms with E-state index in [-0.39, 0.29) is 11.8 Å². The van der Waals surface area contributed by atoms with Crippen LogP contribution in [-0.4, -0.2) is 52.5 Å². The second kappa shape index (κ2) is 9.43. The van der Waals surface area contributed by atoms with E-state index in [1.807, 2.05) is 17.0 Å². The maximum Gasteiger partial charge on any atom is 0.422 e. The van der Waals surface area contributed by atoms with Gasteiger partial charge in [-0.15, -0.1) is 23.2 Å². The molecule has 0 bridgehead atoms. The van der Waals surface area contributed by atoms with Crippen LogP contribution in [0.4, 0.5) is 27.9 Å². The van der Waals surface area contributed by atoms with Crippen LogP contribution < -0.4 is 9.80 Å². The van der Waals surface area contributed by atoms with Gasteiger partial charge in [0.25, 0.3) is 0 Å². The average Bonchev–Trinajstić information content (AvgIpc) is 3.04. The Bertz CT molecular complexity index is 791. The Morgan fingerprint density at radius 2 is 1.78 bits per heavy atom. The predicted octanol–water partition coefficient (Wildman–Crippen LogP) is 3.52. The molecular formula is C16H19Cl2N5O4. The number of hydrogen-bond acceptors (Lipinski definition) is 6. The summed E-state index contributed by atoms with van der Waals surface area (Å²) in [5.74, 6) is 0.721. The number of halogens is 2. The molecular weight excluding hydrogens is 397 g/mol. The standard InChI is InChI=1S/C16H19Cl2N5O4/c1-20-14(23(25)26)11-19-15(20)22(16(24)27-2)13-5-3-12(4-6-13)21(9-7-17)10-8-18/h3-6,11H,7-10H2,1-2H3. The molecule has 0 saturated carbocycles. The van der Waals surface area contributed by atoms with Crippen LogP contribution in [0.2, 0.25) is 0 Å². The summed E-state index contributed by atoms with van der Waals surface area (Å²) in [6.07, 6.45) is 0.368. The van der Waals surface area contributed by atoms with Gasteiger partial charge in [0.2, 0.25) is 0 Å². The first-order valence-electron chi connectivity index (χ1n) is 7.95. The van der Waals surface area contributed by atoms with Crippen LogP contribution in [0.15, 0.2) is 30.5 Å². The van der Waals surface area contributed by atoms with E-state index < -0.39 is 11.0 Å². The number of rotatable bonds is 8. The van der Waals surface area contributed by atoms with Gasteiger partial charge in [-0.2, -0.15) is 14.5 Å². The lowest BCUT2D eigenvalue weighted by molar-refractivity contribution is -0.391. The van der Waals surface area contributed by atoms with Crippen molar-refractivity contribution in [1.82, 2.24) is 9.55 Å². The average molecular weight is 416 g/mol. The first-order chi connectivity index (χ1) is 12.9. The minimum Gasteiger partial charge on any atom is -0.452 e. The van der Waals surface area contributed by atoms with Crippen LogP contribution >= 0.6 is 23.2 Å². The lowest BCUT2D eigenvalue weighted by Crippen LogP contribution is -2.29. The molecule has 27 heavy (non-hydrogen) atoms. The third-order valence-electron chi connectivity index (χ3n) is 3.87. The van der Waals surface area contributed by atoms with Crippen molar-refractivity contribution in [3.05, 3.63) is 40.6 Å². The van der Waals surface area contributed by atoms with E-state index in [0.29, 0.717) is 30.5 Å². The second-order valence-corrected chi connectivity index (χ2v) is 6.18. The van der Waals surface area contributed by atoms with Crippen LogP contribution in [0.1, 0.15) is 0 Å². The Balaban J connectivity index is 2.40. The normalized spacial score (nSPS) is 10.5. The first kappa shape index (κ1) is 20.8. The van der Waals surface area contributed by atoms with Crippen molar-refractivity contribution in [1.29, 1.82) is 0 Å². The highest BCUT2D eigenvalue weighted by atomic mass is 35.5. The molecule has 11 heteroatoms. The molecule has 1 amide bonds. The van der Waals surface area contributed by atoms with Crippen molar-refractivity contribution in [2.75, 3.05) is 41.8 Å². The quantitative estimate of drug-likeness (QED) is 0.371. The van der Waals surface area contributed by atoms with Crippen LogP contribution in [0.3, 0.4) is 0 Å². The fourth-order valence-electron chi connectivity index (χ4n) is 2.55. The van der Waals surface area contributed by atoms with E-state index in [1.165, 1.54) is 18.7 Å². The number of anilines is 3. The highest BCUT2D eigenvalue weighted by molar-refractivity contribution is 6.18. The Hall–Kier alpha value is -2.52. The number of carbonyl (C=O) groups excluding carboxylic acids is 1. The molecule has 1 aromatic heterocycles. The summed E-state index contributed by atoms with van der Waals surface area (Å²) >= 11 is 11.7. The summed E-state index contributed by atoms with van der Waals surface area (Å²) in [4.78, 5) is 30.0. The SMILES string of the molecule is COC(=O)N(c1ccc(N(CCCl)CCCl)cc1)c1ncc([N+](=O)[O-])n1C. The van der Waals surface area contributed by atoms with E-state index >= 15 is 0 Å². The molecule has 2 rings (SSSR count). The Morgan fingerprint density at radius 3 is 2.22 bits per heavy atom. The monoisotopic (exact) mass is 415 g/mol. The van der Waals surface area contributed by atoms with Crippen LogP contribution in [0.25, 0.3) is 0 Å². The molecule has 0 N–H and O–H groups in total. The van der Waals surface area contributed by atoms with Gasteiger partial charge in [-0.05, 0) is 29.2 Å². The lowest BCUT2D eigenvalue weighted by Gasteiger charge is -2.24. The highest BCUT2D eigenvalue weighted by Gasteiger charge is 2.29. The fraction of sp³-hybridized carbons (Fsp3) is 0.375. The molecule has 2 aromatic rings. The van der Waals surface area contributed by atoms with Gasteiger partial charge in [-0.3, -0.25) is 0 Å². The number of nitro groups is 1. The van der Waals surface area contributed by atoms with Crippen molar-refractivity contribution in [2.45, 2.75) is 0 Å². The topological polar surface area (TPSA) is 93.7 Å². The Kier molecular flexibility index (Phi) is 7.26. The summed E-state index contributed by atoms with van der Waals surface area (Å²) in [6.45, 7) is 1.25. The van der Waals surface area contributed by atoms with Crippen LogP contribution in [0, 0.1) is 10.1 Å². The van der Waals surface area contributed by atoms with E-state index in [9.17, 15) is 14.9 Å². The molecule has 0 radical (unpaired) electrons. The van der Waals surface area contributed by atoms with Crippen LogP contribution in [-0.2, 0) is 11.8 Å². The third kappa shape index (κ3) is 4.61. The molecule has 146 valence electrons. The van der Waals surface area contributed by atoms with Gasteiger partial charge in [-0.25, -0.2) is 4.79 Å². The number of amides is 1. The van der Waals surface area contributed by atoms with Gasteiger partial charge in [0.15, 0.2) is 0 Å². The number of benzene rings is 1. The largest absolute Gasteiger partial charge is 0.452 e. The number of aromatic nitrogens is 2. The van der Waals surface area contributed by atoms with E-state index in [2.05, 4.69) is 4.98 Å². The van der Waals surface area contributed by atoms with Gasteiger partial charge < -0.3 is 19.8 Å². The molecule has 0 atom stereocenters. The van der Waals surface area contributed by atoms with Crippen molar-refractivity contribution in [3.63, 3.8) is 0 Å². The number of carbonyl (C=O) groups is 1. The Morgan fingerprint density at radius 1 is 1.22 bits per heavy atom. The van der Waals surface area contributed by atoms with Crippen molar-refractivity contribution in [2.24, 2.45) is 7.05 Å². The molecule has 0 aliphatic heterocycles. The molecule has 1 heterocycles. The van der Waals surface area contributed by atoms with Crippen molar-refractivity contribution >= 4 is 52.4 Å². The minimum absolute atomic E-state index is 0.0691. The number of alkyl halides is 2. The van der Waals surface area contributed by atoms with Crippen molar-refractivity contribution in [3.8, 4) is 0 Å². The third-order valence-corrected chi connectivity index (χ3v) is 4.20. The fourth-order valence-corrected chi connectivity index (χ4v) is 2.96. The molecule has 0 unspecified atom stereocenters. The van der Waals surface area contributed by atoms with Crippen molar-refractivity contribution < 1.29 is 14.5 Å². The number of hydrogen-bond donors (Lipinski definition) is 0. The predicted molar refractivity (Wildman–Crippen MR) is 105 cm³/mol. The van der Waals surface area contributed by atoms with Gasteiger partial charge in [0.05, 0.1) is 19.8 Å². The number of methoxy groups -OCH3 is 1. The smallest absolute Gasteiger partial charge is 0.422 e. The Labute approximate surface area is 166 Å². The molecule has 0 fully saturated rings. The number of imidazole rings is 1. The number of ether oxygens (including phenoxy) is 1. The molecule has 0 saturated heterocycles. The summed E-state index contributed by atoms with van der Waals surface area (Å²) in [6, 6.07) is 7.01. The van der Waals surface area contributed by atoms with Gasteiger partial charge in [-0.1, -0.05) is 0 Å². The highest BCUT2D eigenvalue weighted by Crippen LogP contribution is 2.29. The zero-order valence-electron chi connectivity index (χ0n) is 14.8. The zero-order chi connectivity index (χ0) is 20.0. The minimum atomic E-state index is -0.718. The van der Waals surface area contributed by atoms with E-state index in [1.54, 1.807) is 12.1 Å². The van der Waals surface area contributed by atoms with E-state index in [0.717, 1.165) is 16.8 Å².